The molecule has 0 saturated heterocycles. The highest BCUT2D eigenvalue weighted by Gasteiger charge is 2.20. The fourth-order valence-corrected chi connectivity index (χ4v) is 3.05. The number of amides is 1. The molecule has 1 N–H and O–H groups in total. The molecule has 0 aliphatic carbocycles. The van der Waals surface area contributed by atoms with Gasteiger partial charge in [-0.2, -0.15) is 5.10 Å². The van der Waals surface area contributed by atoms with Gasteiger partial charge in [0.2, 0.25) is 10.0 Å². The van der Waals surface area contributed by atoms with Gasteiger partial charge in [-0.05, 0) is 47.1 Å². The summed E-state index contributed by atoms with van der Waals surface area (Å²) in [6.07, 6.45) is 2.24. The summed E-state index contributed by atoms with van der Waals surface area (Å²) in [7, 11) is -3.73. The van der Waals surface area contributed by atoms with E-state index in [1.54, 1.807) is 13.0 Å². The van der Waals surface area contributed by atoms with Crippen LogP contribution < -0.4 is 9.73 Å². The molecule has 0 spiro atoms. The Morgan fingerprint density at radius 1 is 1.40 bits per heavy atom. The zero-order valence-electron chi connectivity index (χ0n) is 13.4. The summed E-state index contributed by atoms with van der Waals surface area (Å²) in [5, 5.41) is 3.72. The van der Waals surface area contributed by atoms with Crippen LogP contribution in [0.2, 0.25) is 0 Å². The lowest BCUT2D eigenvalue weighted by molar-refractivity contribution is -0.119. The van der Waals surface area contributed by atoms with Gasteiger partial charge in [0.05, 0.1) is 22.6 Å². The van der Waals surface area contributed by atoms with Crippen LogP contribution in [0, 0.1) is 12.7 Å². The minimum atomic E-state index is -3.73. The molecular weight excluding hydrogens is 417 g/mol. The van der Waals surface area contributed by atoms with Crippen molar-refractivity contribution in [3.05, 3.63) is 52.1 Å². The van der Waals surface area contributed by atoms with Crippen molar-refractivity contribution in [2.24, 2.45) is 5.10 Å². The molecule has 2 rings (SSSR count). The Labute approximate surface area is 152 Å². The van der Waals surface area contributed by atoms with Crippen LogP contribution in [0.25, 0.3) is 0 Å². The molecule has 1 aromatic carbocycles. The maximum atomic E-state index is 13.0. The Bertz CT molecular complexity index is 875. The number of anilines is 1. The molecule has 7 nitrogen and oxygen atoms in total. The van der Waals surface area contributed by atoms with Crippen LogP contribution in [0.4, 0.5) is 10.1 Å². The average molecular weight is 432 g/mol. The molecule has 0 fully saturated rings. The van der Waals surface area contributed by atoms with Crippen molar-refractivity contribution in [2.45, 2.75) is 6.92 Å². The molecule has 134 valence electrons. The molecule has 0 radical (unpaired) electrons. The van der Waals surface area contributed by atoms with E-state index in [-0.39, 0.29) is 5.69 Å². The van der Waals surface area contributed by atoms with E-state index in [2.05, 4.69) is 26.5 Å². The van der Waals surface area contributed by atoms with E-state index in [9.17, 15) is 17.6 Å². The number of nitrogens with zero attached hydrogens (tertiary/aromatic N) is 2. The highest BCUT2D eigenvalue weighted by atomic mass is 79.9. The first-order chi connectivity index (χ1) is 11.7. The third kappa shape index (κ3) is 5.40. The second-order valence-corrected chi connectivity index (χ2v) is 7.85. The quantitative estimate of drug-likeness (QED) is 0.561. The summed E-state index contributed by atoms with van der Waals surface area (Å²) in [5.74, 6) is -0.0879. The van der Waals surface area contributed by atoms with E-state index in [4.69, 9.17) is 4.42 Å². The third-order valence-corrected chi connectivity index (χ3v) is 4.99. The summed E-state index contributed by atoms with van der Waals surface area (Å²) in [5.41, 5.74) is 2.39. The zero-order valence-corrected chi connectivity index (χ0v) is 15.8. The lowest BCUT2D eigenvalue weighted by atomic mass is 10.3. The molecule has 1 heterocycles. The number of benzene rings is 1. The van der Waals surface area contributed by atoms with Crippen molar-refractivity contribution in [1.29, 1.82) is 0 Å². The molecule has 1 amide bonds. The Kier molecular flexibility index (Phi) is 5.96. The van der Waals surface area contributed by atoms with Gasteiger partial charge in [-0.3, -0.25) is 9.10 Å². The van der Waals surface area contributed by atoms with E-state index in [1.165, 1.54) is 18.3 Å². The fraction of sp³-hybridized carbons (Fsp3) is 0.200. The average Bonchev–Trinajstić information content (AvgIpc) is 2.83. The molecule has 0 aliphatic heterocycles. The number of carbonyl (C=O) groups is 1. The lowest BCUT2D eigenvalue weighted by Gasteiger charge is -2.21. The zero-order chi connectivity index (χ0) is 18.6. The number of carbonyl (C=O) groups excluding carboxylic acids is 1. The highest BCUT2D eigenvalue weighted by molar-refractivity contribution is 9.10. The summed E-state index contributed by atoms with van der Waals surface area (Å²) < 4.78 is 43.7. The van der Waals surface area contributed by atoms with E-state index in [0.29, 0.717) is 11.5 Å². The number of furan rings is 1. The summed E-state index contributed by atoms with van der Waals surface area (Å²) in [6, 6.07) is 6.44. The Morgan fingerprint density at radius 2 is 2.04 bits per heavy atom. The minimum absolute atomic E-state index is 0.175. The second-order valence-electron chi connectivity index (χ2n) is 5.09. The van der Waals surface area contributed by atoms with Gasteiger partial charge < -0.3 is 4.42 Å². The predicted octanol–water partition coefficient (Wildman–Crippen LogP) is 2.41. The van der Waals surface area contributed by atoms with E-state index in [1.807, 2.05) is 0 Å². The number of hydrogen-bond acceptors (Lipinski definition) is 5. The Morgan fingerprint density at radius 3 is 2.56 bits per heavy atom. The normalized spacial score (nSPS) is 11.7. The van der Waals surface area contributed by atoms with Crippen LogP contribution in [0.15, 0.2) is 44.3 Å². The van der Waals surface area contributed by atoms with Gasteiger partial charge in [0.25, 0.3) is 5.91 Å². The summed E-state index contributed by atoms with van der Waals surface area (Å²) in [4.78, 5) is 12.0. The summed E-state index contributed by atoms with van der Waals surface area (Å²) >= 11 is 3.28. The molecule has 2 aromatic rings. The first-order valence-electron chi connectivity index (χ1n) is 6.98. The van der Waals surface area contributed by atoms with Crippen molar-refractivity contribution in [3.63, 3.8) is 0 Å². The number of nitrogens with one attached hydrogen (secondary N) is 1. The van der Waals surface area contributed by atoms with Gasteiger partial charge in [0.1, 0.15) is 23.9 Å². The first kappa shape index (κ1) is 19.1. The van der Waals surface area contributed by atoms with Gasteiger partial charge in [-0.25, -0.2) is 18.2 Å². The number of sulfonamides is 1. The van der Waals surface area contributed by atoms with Gasteiger partial charge in [-0.15, -0.1) is 0 Å². The van der Waals surface area contributed by atoms with Gasteiger partial charge >= 0.3 is 0 Å². The first-order valence-corrected chi connectivity index (χ1v) is 9.62. The smallest absolute Gasteiger partial charge is 0.260 e. The number of halogens is 2. The third-order valence-electron chi connectivity index (χ3n) is 3.06. The summed E-state index contributed by atoms with van der Waals surface area (Å²) in [6.45, 7) is 1.26. The van der Waals surface area contributed by atoms with Gasteiger partial charge in [-0.1, -0.05) is 0 Å². The van der Waals surface area contributed by atoms with Crippen LogP contribution in [0.5, 0.6) is 0 Å². The molecule has 25 heavy (non-hydrogen) atoms. The van der Waals surface area contributed by atoms with Crippen LogP contribution in [-0.4, -0.2) is 33.3 Å². The number of hydrazone groups is 1. The SMILES string of the molecule is Cc1oc(/C=N\NC(=O)CN(c2ccc(F)cc2)S(C)(=O)=O)cc1Br. The van der Waals surface area contributed by atoms with E-state index >= 15 is 0 Å². The molecule has 0 bridgehead atoms. The molecule has 10 heteroatoms. The molecule has 0 saturated carbocycles. The van der Waals surface area contributed by atoms with Crippen LogP contribution in [-0.2, 0) is 14.8 Å². The Hall–Kier alpha value is -2.20. The van der Waals surface area contributed by atoms with E-state index < -0.39 is 28.3 Å². The molecule has 0 aliphatic rings. The fourth-order valence-electron chi connectivity index (χ4n) is 1.89. The number of aryl methyl sites for hydroxylation is 1. The highest BCUT2D eigenvalue weighted by Crippen LogP contribution is 2.19. The van der Waals surface area contributed by atoms with E-state index in [0.717, 1.165) is 27.2 Å². The van der Waals surface area contributed by atoms with Crippen molar-refractivity contribution in [3.8, 4) is 0 Å². The molecule has 1 aromatic heterocycles. The van der Waals surface area contributed by atoms with Crippen molar-refractivity contribution in [2.75, 3.05) is 17.1 Å². The topological polar surface area (TPSA) is 92.0 Å². The maximum absolute atomic E-state index is 13.0. The number of rotatable bonds is 6. The van der Waals surface area contributed by atoms with Gasteiger partial charge in [0, 0.05) is 6.07 Å². The lowest BCUT2D eigenvalue weighted by Crippen LogP contribution is -2.39. The van der Waals surface area contributed by atoms with Gasteiger partial charge in [0.15, 0.2) is 0 Å². The molecule has 0 unspecified atom stereocenters. The van der Waals surface area contributed by atoms with Crippen LogP contribution in [0.1, 0.15) is 11.5 Å². The van der Waals surface area contributed by atoms with Crippen molar-refractivity contribution >= 4 is 43.8 Å². The predicted molar refractivity (Wildman–Crippen MR) is 95.5 cm³/mol. The maximum Gasteiger partial charge on any atom is 0.260 e. The minimum Gasteiger partial charge on any atom is -0.459 e. The van der Waals surface area contributed by atoms with Crippen LogP contribution in [0.3, 0.4) is 0 Å². The monoisotopic (exact) mass is 431 g/mol. The standard InChI is InChI=1S/C15H15BrFN3O4S/c1-10-14(16)7-13(24-10)8-18-19-15(21)9-20(25(2,22)23)12-5-3-11(17)4-6-12/h3-8H,9H2,1-2H3,(H,19,21)/b18-8-. The number of hydrogen-bond donors (Lipinski definition) is 1. The molecule has 0 atom stereocenters. The van der Waals surface area contributed by atoms with Crippen LogP contribution >= 0.6 is 15.9 Å². The second kappa shape index (κ2) is 7.79. The van der Waals surface area contributed by atoms with Crippen molar-refractivity contribution < 1.29 is 22.0 Å². The largest absolute Gasteiger partial charge is 0.459 e. The van der Waals surface area contributed by atoms with Crippen molar-refractivity contribution in [1.82, 2.24) is 5.43 Å². The molecular formula is C15H15BrFN3O4S. The Balaban J connectivity index is 2.06.